The lowest BCUT2D eigenvalue weighted by molar-refractivity contribution is -0.0452. The first-order valence-electron chi connectivity index (χ1n) is 4.06. The van der Waals surface area contributed by atoms with Crippen molar-refractivity contribution in [2.24, 2.45) is 0 Å². The summed E-state index contributed by atoms with van der Waals surface area (Å²) in [6.07, 6.45) is 1.62. The van der Waals surface area contributed by atoms with E-state index in [2.05, 4.69) is 25.8 Å². The molecule has 10 heavy (non-hydrogen) atoms. The standard InChI is InChI=1S/C8H17NO/c1-4-8-6-10-7(2)5-9(8)3/h7-8H,4-6H2,1-3H3/t7-,8-/m1/s1. The van der Waals surface area contributed by atoms with Gasteiger partial charge in [0.25, 0.3) is 0 Å². The SMILES string of the molecule is CC[C@@H]1CO[C@H](C)CN1C. The third kappa shape index (κ3) is 1.70. The molecule has 0 bridgehead atoms. The van der Waals surface area contributed by atoms with Crippen LogP contribution in [-0.2, 0) is 4.74 Å². The molecule has 0 N–H and O–H groups in total. The van der Waals surface area contributed by atoms with E-state index in [1.165, 1.54) is 6.42 Å². The average Bonchev–Trinajstić information content (AvgIpc) is 1.88. The van der Waals surface area contributed by atoms with Crippen molar-refractivity contribution in [1.82, 2.24) is 4.90 Å². The summed E-state index contributed by atoms with van der Waals surface area (Å²) in [5, 5.41) is 0. The van der Waals surface area contributed by atoms with Gasteiger partial charge in [-0.1, -0.05) is 6.92 Å². The second-order valence-electron chi connectivity index (χ2n) is 3.15. The molecule has 1 saturated heterocycles. The smallest absolute Gasteiger partial charge is 0.0674 e. The van der Waals surface area contributed by atoms with Crippen LogP contribution in [0.2, 0.25) is 0 Å². The Labute approximate surface area is 63.2 Å². The molecule has 1 heterocycles. The fourth-order valence-electron chi connectivity index (χ4n) is 1.44. The highest BCUT2D eigenvalue weighted by Crippen LogP contribution is 2.11. The van der Waals surface area contributed by atoms with Crippen LogP contribution in [0, 0.1) is 0 Å². The highest BCUT2D eigenvalue weighted by molar-refractivity contribution is 4.73. The van der Waals surface area contributed by atoms with E-state index >= 15 is 0 Å². The Morgan fingerprint density at radius 2 is 2.30 bits per heavy atom. The molecule has 0 aliphatic carbocycles. The first-order chi connectivity index (χ1) is 4.74. The second-order valence-corrected chi connectivity index (χ2v) is 3.15. The van der Waals surface area contributed by atoms with Gasteiger partial charge in [0.15, 0.2) is 0 Å². The third-order valence-corrected chi connectivity index (χ3v) is 2.21. The van der Waals surface area contributed by atoms with Crippen LogP contribution < -0.4 is 0 Å². The highest BCUT2D eigenvalue weighted by atomic mass is 16.5. The number of ether oxygens (including phenoxy) is 1. The number of rotatable bonds is 1. The first-order valence-corrected chi connectivity index (χ1v) is 4.06. The minimum Gasteiger partial charge on any atom is -0.376 e. The number of likely N-dealkylation sites (N-methyl/N-ethyl adjacent to an activating group) is 1. The van der Waals surface area contributed by atoms with E-state index in [0.717, 1.165) is 13.2 Å². The molecule has 0 amide bonds. The Kier molecular flexibility index (Phi) is 2.69. The molecule has 0 unspecified atom stereocenters. The number of nitrogens with zero attached hydrogens (tertiary/aromatic N) is 1. The van der Waals surface area contributed by atoms with Crippen molar-refractivity contribution >= 4 is 0 Å². The zero-order valence-electron chi connectivity index (χ0n) is 7.13. The quantitative estimate of drug-likeness (QED) is 0.545. The normalized spacial score (nSPS) is 36.3. The lowest BCUT2D eigenvalue weighted by atomic mass is 10.1. The molecule has 0 aromatic carbocycles. The van der Waals surface area contributed by atoms with Crippen molar-refractivity contribution in [3.8, 4) is 0 Å². The topological polar surface area (TPSA) is 12.5 Å². The second kappa shape index (κ2) is 3.35. The van der Waals surface area contributed by atoms with Gasteiger partial charge in [0, 0.05) is 12.6 Å². The van der Waals surface area contributed by atoms with Crippen LogP contribution in [0.5, 0.6) is 0 Å². The molecule has 0 aromatic heterocycles. The molecular weight excluding hydrogens is 126 g/mol. The Morgan fingerprint density at radius 1 is 1.60 bits per heavy atom. The van der Waals surface area contributed by atoms with Crippen LogP contribution in [0.3, 0.4) is 0 Å². The van der Waals surface area contributed by atoms with Gasteiger partial charge in [0.05, 0.1) is 12.7 Å². The molecule has 60 valence electrons. The maximum atomic E-state index is 5.51. The summed E-state index contributed by atoms with van der Waals surface area (Å²) in [5.41, 5.74) is 0. The Hall–Kier alpha value is -0.0800. The fraction of sp³-hybridized carbons (Fsp3) is 1.00. The summed E-state index contributed by atoms with van der Waals surface area (Å²) >= 11 is 0. The van der Waals surface area contributed by atoms with Gasteiger partial charge in [-0.15, -0.1) is 0 Å². The molecule has 2 nitrogen and oxygen atoms in total. The van der Waals surface area contributed by atoms with Gasteiger partial charge in [-0.3, -0.25) is 4.90 Å². The van der Waals surface area contributed by atoms with Gasteiger partial charge in [-0.2, -0.15) is 0 Å². The predicted molar refractivity (Wildman–Crippen MR) is 42.1 cm³/mol. The van der Waals surface area contributed by atoms with Crippen LogP contribution in [0.4, 0.5) is 0 Å². The molecule has 1 rings (SSSR count). The van der Waals surface area contributed by atoms with Crippen molar-refractivity contribution in [3.63, 3.8) is 0 Å². The minimum absolute atomic E-state index is 0.424. The van der Waals surface area contributed by atoms with Crippen LogP contribution in [0.15, 0.2) is 0 Å². The minimum atomic E-state index is 0.424. The summed E-state index contributed by atoms with van der Waals surface area (Å²) in [6.45, 7) is 6.33. The van der Waals surface area contributed by atoms with E-state index in [0.29, 0.717) is 12.1 Å². The van der Waals surface area contributed by atoms with Crippen LogP contribution >= 0.6 is 0 Å². The van der Waals surface area contributed by atoms with Crippen LogP contribution in [0.1, 0.15) is 20.3 Å². The molecule has 1 aliphatic rings. The summed E-state index contributed by atoms with van der Waals surface area (Å²) in [7, 11) is 2.17. The molecule has 0 radical (unpaired) electrons. The van der Waals surface area contributed by atoms with E-state index in [1.807, 2.05) is 0 Å². The van der Waals surface area contributed by atoms with Gasteiger partial charge in [-0.25, -0.2) is 0 Å². The largest absolute Gasteiger partial charge is 0.376 e. The predicted octanol–water partition coefficient (Wildman–Crippen LogP) is 1.12. The van der Waals surface area contributed by atoms with Crippen LogP contribution in [0.25, 0.3) is 0 Å². The van der Waals surface area contributed by atoms with E-state index < -0.39 is 0 Å². The molecule has 1 aliphatic heterocycles. The Morgan fingerprint density at radius 3 is 2.80 bits per heavy atom. The monoisotopic (exact) mass is 143 g/mol. The number of hydrogen-bond donors (Lipinski definition) is 0. The maximum Gasteiger partial charge on any atom is 0.0674 e. The van der Waals surface area contributed by atoms with Gasteiger partial charge in [0.1, 0.15) is 0 Å². The van der Waals surface area contributed by atoms with Crippen molar-refractivity contribution in [3.05, 3.63) is 0 Å². The molecule has 2 heteroatoms. The zero-order chi connectivity index (χ0) is 7.56. The van der Waals surface area contributed by atoms with Gasteiger partial charge in [0.2, 0.25) is 0 Å². The summed E-state index contributed by atoms with van der Waals surface area (Å²) in [5.74, 6) is 0. The maximum absolute atomic E-state index is 5.51. The first kappa shape index (κ1) is 8.02. The molecule has 0 saturated carbocycles. The van der Waals surface area contributed by atoms with Crippen molar-refractivity contribution in [2.75, 3.05) is 20.2 Å². The Balaban J connectivity index is 2.36. The summed E-state index contributed by atoms with van der Waals surface area (Å²) < 4.78 is 5.51. The fourth-order valence-corrected chi connectivity index (χ4v) is 1.44. The van der Waals surface area contributed by atoms with E-state index in [9.17, 15) is 0 Å². The van der Waals surface area contributed by atoms with Gasteiger partial charge >= 0.3 is 0 Å². The van der Waals surface area contributed by atoms with Crippen molar-refractivity contribution in [1.29, 1.82) is 0 Å². The molecular formula is C8H17NO. The molecule has 2 atom stereocenters. The molecule has 0 aromatic rings. The summed E-state index contributed by atoms with van der Waals surface area (Å²) in [4.78, 5) is 2.38. The van der Waals surface area contributed by atoms with Gasteiger partial charge < -0.3 is 4.74 Å². The Bertz CT molecular complexity index is 105. The third-order valence-electron chi connectivity index (χ3n) is 2.21. The molecule has 1 fully saturated rings. The van der Waals surface area contributed by atoms with Crippen LogP contribution in [-0.4, -0.2) is 37.2 Å². The zero-order valence-corrected chi connectivity index (χ0v) is 7.13. The number of hydrogen-bond acceptors (Lipinski definition) is 2. The van der Waals surface area contributed by atoms with Gasteiger partial charge in [-0.05, 0) is 20.4 Å². The lowest BCUT2D eigenvalue weighted by Gasteiger charge is -2.35. The summed E-state index contributed by atoms with van der Waals surface area (Å²) in [6, 6.07) is 0.649. The average molecular weight is 143 g/mol. The van der Waals surface area contributed by atoms with Crippen molar-refractivity contribution < 1.29 is 4.74 Å². The number of morpholine rings is 1. The van der Waals surface area contributed by atoms with Crippen molar-refractivity contribution in [2.45, 2.75) is 32.4 Å². The molecule has 0 spiro atoms. The van der Waals surface area contributed by atoms with E-state index in [-0.39, 0.29) is 0 Å². The lowest BCUT2D eigenvalue weighted by Crippen LogP contribution is -2.45. The van der Waals surface area contributed by atoms with E-state index in [4.69, 9.17) is 4.74 Å². The van der Waals surface area contributed by atoms with E-state index in [1.54, 1.807) is 0 Å². The highest BCUT2D eigenvalue weighted by Gasteiger charge is 2.21.